The molecule has 15 heavy (non-hydrogen) atoms. The number of aliphatic carboxylic acids is 1. The summed E-state index contributed by atoms with van der Waals surface area (Å²) < 4.78 is 0. The molecule has 0 aromatic carbocycles. The molecule has 1 aliphatic heterocycles. The van der Waals surface area contributed by atoms with Crippen molar-refractivity contribution in [1.82, 2.24) is 5.32 Å². The molecule has 1 heterocycles. The van der Waals surface area contributed by atoms with Crippen LogP contribution in [-0.4, -0.2) is 41.1 Å². The first-order valence-electron chi connectivity index (χ1n) is 4.75. The van der Waals surface area contributed by atoms with Crippen LogP contribution in [0, 0.1) is 0 Å². The van der Waals surface area contributed by atoms with Crippen LogP contribution in [0.3, 0.4) is 0 Å². The van der Waals surface area contributed by atoms with E-state index >= 15 is 0 Å². The van der Waals surface area contributed by atoms with E-state index in [1.807, 2.05) is 13.8 Å². The van der Waals surface area contributed by atoms with Crippen molar-refractivity contribution in [2.45, 2.75) is 26.7 Å². The molecule has 0 radical (unpaired) electrons. The molecule has 5 nitrogen and oxygen atoms in total. The molecule has 0 atom stereocenters. The molecule has 1 rings (SSSR count). The normalized spacial score (nSPS) is 11.7. The lowest BCUT2D eigenvalue weighted by Crippen LogP contribution is -2.03. The van der Waals surface area contributed by atoms with Gasteiger partial charge < -0.3 is 15.5 Å². The minimum Gasteiger partial charge on any atom is -0.483 e. The number of alkyl halides is 1. The predicted molar refractivity (Wildman–Crippen MR) is 63.6 cm³/mol. The Morgan fingerprint density at radius 1 is 1.40 bits per heavy atom. The number of carbonyl (C=O) groups is 2. The highest BCUT2D eigenvalue weighted by Crippen LogP contribution is 1.90. The van der Waals surface area contributed by atoms with Gasteiger partial charge >= 0.3 is 5.97 Å². The van der Waals surface area contributed by atoms with Crippen molar-refractivity contribution in [2.75, 3.05) is 18.4 Å². The minimum atomic E-state index is -0.829. The van der Waals surface area contributed by atoms with Crippen LogP contribution in [0.2, 0.25) is 0 Å². The monoisotopic (exact) mass is 285 g/mol. The van der Waals surface area contributed by atoms with Crippen LogP contribution in [0.5, 0.6) is 0 Å². The van der Waals surface area contributed by atoms with Gasteiger partial charge in [-0.05, 0) is 25.9 Å². The molecule has 0 aromatic rings. The summed E-state index contributed by atoms with van der Waals surface area (Å²) in [4.78, 5) is 17.7. The number of carboxylic acids is 1. The SMILES string of the molecule is C1CCNC1.CC.O=C(O)CBr.O=CO. The minimum absolute atomic E-state index is 0.0347. The van der Waals surface area contributed by atoms with Gasteiger partial charge in [0.05, 0.1) is 0 Å². The molecule has 0 aliphatic carbocycles. The molecule has 6 heteroatoms. The van der Waals surface area contributed by atoms with E-state index in [9.17, 15) is 4.79 Å². The Bertz CT molecular complexity index is 122. The van der Waals surface area contributed by atoms with Crippen molar-refractivity contribution in [2.24, 2.45) is 0 Å². The zero-order chi connectivity index (χ0) is 12.5. The summed E-state index contributed by atoms with van der Waals surface area (Å²) in [5.74, 6) is -0.829. The van der Waals surface area contributed by atoms with Crippen LogP contribution >= 0.6 is 15.9 Å². The first kappa shape index (κ1) is 19.9. The van der Waals surface area contributed by atoms with Crippen molar-refractivity contribution in [3.8, 4) is 0 Å². The van der Waals surface area contributed by atoms with Crippen molar-refractivity contribution < 1.29 is 19.8 Å². The number of halogens is 1. The second-order valence-corrected chi connectivity index (χ2v) is 2.65. The fourth-order valence-corrected chi connectivity index (χ4v) is 0.625. The molecule has 1 aliphatic rings. The van der Waals surface area contributed by atoms with Gasteiger partial charge in [-0.15, -0.1) is 0 Å². The number of rotatable bonds is 1. The molecule has 0 unspecified atom stereocenters. The Morgan fingerprint density at radius 3 is 1.73 bits per heavy atom. The number of nitrogens with one attached hydrogen (secondary N) is 1. The lowest BCUT2D eigenvalue weighted by molar-refractivity contribution is -0.133. The van der Waals surface area contributed by atoms with E-state index in [0.717, 1.165) is 0 Å². The Hall–Kier alpha value is -0.620. The van der Waals surface area contributed by atoms with Gasteiger partial charge in [-0.1, -0.05) is 29.8 Å². The summed E-state index contributed by atoms with van der Waals surface area (Å²) in [5.41, 5.74) is 0. The van der Waals surface area contributed by atoms with E-state index in [2.05, 4.69) is 21.2 Å². The van der Waals surface area contributed by atoms with Crippen LogP contribution in [-0.2, 0) is 9.59 Å². The van der Waals surface area contributed by atoms with Crippen LogP contribution < -0.4 is 5.32 Å². The summed E-state index contributed by atoms with van der Waals surface area (Å²) in [6.07, 6.45) is 2.78. The smallest absolute Gasteiger partial charge is 0.314 e. The molecule has 0 amide bonds. The quantitative estimate of drug-likeness (QED) is 0.503. The van der Waals surface area contributed by atoms with Gasteiger partial charge in [0, 0.05) is 0 Å². The molecule has 3 N–H and O–H groups in total. The molecular weight excluding hydrogens is 266 g/mol. The lowest BCUT2D eigenvalue weighted by atomic mass is 10.4. The third-order valence-corrected chi connectivity index (χ3v) is 1.55. The van der Waals surface area contributed by atoms with E-state index in [-0.39, 0.29) is 11.8 Å². The van der Waals surface area contributed by atoms with Gasteiger partial charge in [-0.3, -0.25) is 9.59 Å². The Kier molecular flexibility index (Phi) is 30.9. The van der Waals surface area contributed by atoms with E-state index < -0.39 is 5.97 Å². The Morgan fingerprint density at radius 2 is 1.67 bits per heavy atom. The largest absolute Gasteiger partial charge is 0.483 e. The van der Waals surface area contributed by atoms with Crippen LogP contribution in [0.1, 0.15) is 26.7 Å². The summed E-state index contributed by atoms with van der Waals surface area (Å²) >= 11 is 2.71. The summed E-state index contributed by atoms with van der Waals surface area (Å²) in [7, 11) is 0. The molecule has 1 fully saturated rings. The van der Waals surface area contributed by atoms with Gasteiger partial charge in [0.2, 0.25) is 0 Å². The van der Waals surface area contributed by atoms with Gasteiger partial charge in [-0.25, -0.2) is 0 Å². The van der Waals surface area contributed by atoms with Gasteiger partial charge in [-0.2, -0.15) is 0 Å². The maximum absolute atomic E-state index is 9.32. The summed E-state index contributed by atoms with van der Waals surface area (Å²) in [6, 6.07) is 0. The second-order valence-electron chi connectivity index (χ2n) is 2.09. The molecule has 0 spiro atoms. The molecule has 92 valence electrons. The van der Waals surface area contributed by atoms with Crippen molar-refractivity contribution >= 4 is 28.4 Å². The fourth-order valence-electron chi connectivity index (χ4n) is 0.625. The first-order valence-corrected chi connectivity index (χ1v) is 5.87. The summed E-state index contributed by atoms with van der Waals surface area (Å²) in [6.45, 7) is 6.25. The van der Waals surface area contributed by atoms with Gasteiger partial charge in [0.15, 0.2) is 0 Å². The number of carboxylic acid groups (broad SMARTS) is 2. The maximum atomic E-state index is 9.32. The lowest BCUT2D eigenvalue weighted by Gasteiger charge is -1.76. The highest BCUT2D eigenvalue weighted by atomic mass is 79.9. The first-order chi connectivity index (χ1) is 7.18. The average Bonchev–Trinajstić information content (AvgIpc) is 2.80. The Balaban J connectivity index is -0.000000137. The van der Waals surface area contributed by atoms with Crippen molar-refractivity contribution in [3.05, 3.63) is 0 Å². The van der Waals surface area contributed by atoms with Gasteiger partial charge in [0.25, 0.3) is 6.47 Å². The molecule has 1 saturated heterocycles. The highest BCUT2D eigenvalue weighted by Gasteiger charge is 1.93. The van der Waals surface area contributed by atoms with E-state index in [1.165, 1.54) is 25.9 Å². The van der Waals surface area contributed by atoms with Crippen LogP contribution in [0.4, 0.5) is 0 Å². The third kappa shape index (κ3) is 42.6. The zero-order valence-corrected chi connectivity index (χ0v) is 10.8. The highest BCUT2D eigenvalue weighted by molar-refractivity contribution is 9.09. The standard InChI is InChI=1S/C4H9N.C2H3BrO2.C2H6.CH2O2/c1-2-4-5-3-1;3-1-2(4)5;1-2;2-1-3/h5H,1-4H2;1H2,(H,4,5);1-2H3;1H,(H,2,3). The Labute approximate surface area is 99.0 Å². The number of hydrogen-bond donors (Lipinski definition) is 3. The molecule has 0 saturated carbocycles. The van der Waals surface area contributed by atoms with Crippen LogP contribution in [0.15, 0.2) is 0 Å². The fraction of sp³-hybridized carbons (Fsp3) is 0.778. The summed E-state index contributed by atoms with van der Waals surface area (Å²) in [5, 5.41) is 17.8. The topological polar surface area (TPSA) is 86.6 Å². The third-order valence-electron chi connectivity index (χ3n) is 1.07. The second kappa shape index (κ2) is 23.3. The maximum Gasteiger partial charge on any atom is 0.314 e. The van der Waals surface area contributed by atoms with Crippen molar-refractivity contribution in [1.29, 1.82) is 0 Å². The van der Waals surface area contributed by atoms with E-state index in [4.69, 9.17) is 15.0 Å². The molecule has 0 aromatic heterocycles. The average molecular weight is 286 g/mol. The number of hydrogen-bond acceptors (Lipinski definition) is 3. The molecular formula is C9H20BrNO4. The van der Waals surface area contributed by atoms with E-state index in [0.29, 0.717) is 0 Å². The van der Waals surface area contributed by atoms with Crippen LogP contribution in [0.25, 0.3) is 0 Å². The molecule has 0 bridgehead atoms. The zero-order valence-electron chi connectivity index (χ0n) is 9.20. The van der Waals surface area contributed by atoms with Gasteiger partial charge in [0.1, 0.15) is 5.33 Å². The predicted octanol–water partition coefficient (Wildman–Crippen LogP) is 1.56. The van der Waals surface area contributed by atoms with E-state index in [1.54, 1.807) is 0 Å². The van der Waals surface area contributed by atoms with Crippen molar-refractivity contribution in [3.63, 3.8) is 0 Å².